The number of piperazine rings is 1. The van der Waals surface area contributed by atoms with Crippen LogP contribution in [0, 0.1) is 11.7 Å². The molecule has 2 aliphatic heterocycles. The highest BCUT2D eigenvalue weighted by molar-refractivity contribution is 5.78. The fourth-order valence-electron chi connectivity index (χ4n) is 3.56. The highest BCUT2D eigenvalue weighted by Gasteiger charge is 2.25. The second kappa shape index (κ2) is 7.30. The van der Waals surface area contributed by atoms with E-state index in [1.165, 1.54) is 12.5 Å². The van der Waals surface area contributed by atoms with Gasteiger partial charge in [-0.05, 0) is 30.9 Å². The van der Waals surface area contributed by atoms with E-state index in [9.17, 15) is 9.18 Å². The fraction of sp³-hybridized carbons (Fsp3) is 0.611. The summed E-state index contributed by atoms with van der Waals surface area (Å²) in [5, 5.41) is 0. The van der Waals surface area contributed by atoms with Gasteiger partial charge in [0, 0.05) is 39.3 Å². The van der Waals surface area contributed by atoms with Gasteiger partial charge in [0.1, 0.15) is 5.82 Å². The Bertz CT molecular complexity index is 543. The monoisotopic (exact) mass is 319 g/mol. The number of hydrogen-bond donors (Lipinski definition) is 0. The minimum absolute atomic E-state index is 0.167. The van der Waals surface area contributed by atoms with Crippen LogP contribution in [-0.4, -0.2) is 61.5 Å². The van der Waals surface area contributed by atoms with Gasteiger partial charge >= 0.3 is 0 Å². The summed E-state index contributed by atoms with van der Waals surface area (Å²) in [6.45, 7) is 7.67. The number of nitrogens with zero attached hydrogens (tertiary/aromatic N) is 3. The molecule has 3 rings (SSSR count). The smallest absolute Gasteiger partial charge is 0.236 e. The molecule has 2 aliphatic rings. The molecule has 0 spiro atoms. The topological polar surface area (TPSA) is 26.8 Å². The number of piperidine rings is 1. The average Bonchev–Trinajstić information content (AvgIpc) is 2.56. The fourth-order valence-corrected chi connectivity index (χ4v) is 3.56. The van der Waals surface area contributed by atoms with Crippen molar-refractivity contribution in [1.29, 1.82) is 0 Å². The molecular formula is C18H26FN3O. The van der Waals surface area contributed by atoms with E-state index in [1.807, 2.05) is 17.0 Å². The number of hydrogen-bond acceptors (Lipinski definition) is 3. The first-order valence-corrected chi connectivity index (χ1v) is 8.63. The average molecular weight is 319 g/mol. The molecular weight excluding hydrogens is 293 g/mol. The van der Waals surface area contributed by atoms with Crippen molar-refractivity contribution in [3.05, 3.63) is 30.1 Å². The van der Waals surface area contributed by atoms with Crippen molar-refractivity contribution in [1.82, 2.24) is 9.80 Å². The summed E-state index contributed by atoms with van der Waals surface area (Å²) in [6, 6.07) is 6.91. The Morgan fingerprint density at radius 3 is 2.61 bits per heavy atom. The van der Waals surface area contributed by atoms with E-state index in [1.54, 1.807) is 6.07 Å². The maximum Gasteiger partial charge on any atom is 0.236 e. The molecule has 1 unspecified atom stereocenters. The van der Waals surface area contributed by atoms with Crippen LogP contribution in [0.4, 0.5) is 10.1 Å². The van der Waals surface area contributed by atoms with Gasteiger partial charge in [-0.1, -0.05) is 19.1 Å². The lowest BCUT2D eigenvalue weighted by molar-refractivity contribution is -0.134. The summed E-state index contributed by atoms with van der Waals surface area (Å²) in [7, 11) is 0. The predicted molar refractivity (Wildman–Crippen MR) is 90.0 cm³/mol. The van der Waals surface area contributed by atoms with Crippen LogP contribution in [0.15, 0.2) is 24.3 Å². The van der Waals surface area contributed by atoms with Crippen molar-refractivity contribution < 1.29 is 9.18 Å². The molecule has 0 bridgehead atoms. The Morgan fingerprint density at radius 2 is 1.91 bits per heavy atom. The number of para-hydroxylation sites is 1. The quantitative estimate of drug-likeness (QED) is 0.855. The van der Waals surface area contributed by atoms with Crippen LogP contribution in [-0.2, 0) is 4.79 Å². The van der Waals surface area contributed by atoms with Gasteiger partial charge in [-0.3, -0.25) is 9.69 Å². The summed E-state index contributed by atoms with van der Waals surface area (Å²) in [6.07, 6.45) is 2.35. The predicted octanol–water partition coefficient (Wildman–Crippen LogP) is 2.21. The lowest BCUT2D eigenvalue weighted by Gasteiger charge is -2.37. The van der Waals surface area contributed by atoms with Crippen LogP contribution < -0.4 is 4.90 Å². The van der Waals surface area contributed by atoms with Crippen LogP contribution in [0.25, 0.3) is 0 Å². The van der Waals surface area contributed by atoms with Crippen LogP contribution in [0.2, 0.25) is 0 Å². The lowest BCUT2D eigenvalue weighted by Crippen LogP contribution is -2.51. The van der Waals surface area contributed by atoms with E-state index < -0.39 is 0 Å². The second-order valence-electron chi connectivity index (χ2n) is 6.80. The highest BCUT2D eigenvalue weighted by atomic mass is 19.1. The summed E-state index contributed by atoms with van der Waals surface area (Å²) in [5.41, 5.74) is 0.670. The van der Waals surface area contributed by atoms with Gasteiger partial charge in [0.05, 0.1) is 12.2 Å². The molecule has 0 N–H and O–H groups in total. The number of amides is 1. The summed E-state index contributed by atoms with van der Waals surface area (Å²) < 4.78 is 13.8. The zero-order chi connectivity index (χ0) is 16.2. The van der Waals surface area contributed by atoms with Crippen molar-refractivity contribution in [3.8, 4) is 0 Å². The molecule has 126 valence electrons. The molecule has 1 aromatic carbocycles. The van der Waals surface area contributed by atoms with Crippen molar-refractivity contribution in [2.75, 3.05) is 50.7 Å². The molecule has 2 fully saturated rings. The largest absolute Gasteiger partial charge is 0.367 e. The Hall–Kier alpha value is -1.62. The molecule has 0 radical (unpaired) electrons. The zero-order valence-corrected chi connectivity index (χ0v) is 13.9. The molecule has 5 heteroatoms. The van der Waals surface area contributed by atoms with E-state index >= 15 is 0 Å². The Balaban J connectivity index is 1.49. The maximum atomic E-state index is 13.8. The Labute approximate surface area is 137 Å². The van der Waals surface area contributed by atoms with E-state index in [0.717, 1.165) is 45.7 Å². The SMILES string of the molecule is CC1CCCN(C(=O)CN2CCN(c3ccccc3F)CC2)C1. The lowest BCUT2D eigenvalue weighted by atomic mass is 10.0. The normalized spacial score (nSPS) is 23.1. The summed E-state index contributed by atoms with van der Waals surface area (Å²) in [5.74, 6) is 0.695. The van der Waals surface area contributed by atoms with Crippen molar-refractivity contribution in [3.63, 3.8) is 0 Å². The number of benzene rings is 1. The van der Waals surface area contributed by atoms with Crippen LogP contribution in [0.5, 0.6) is 0 Å². The van der Waals surface area contributed by atoms with Crippen LogP contribution >= 0.6 is 0 Å². The van der Waals surface area contributed by atoms with Crippen molar-refractivity contribution in [2.45, 2.75) is 19.8 Å². The molecule has 23 heavy (non-hydrogen) atoms. The molecule has 0 aliphatic carbocycles. The first kappa shape index (κ1) is 16.2. The van der Waals surface area contributed by atoms with E-state index in [-0.39, 0.29) is 11.7 Å². The van der Waals surface area contributed by atoms with Gasteiger partial charge in [-0.15, -0.1) is 0 Å². The number of likely N-dealkylation sites (tertiary alicyclic amines) is 1. The first-order valence-electron chi connectivity index (χ1n) is 8.63. The van der Waals surface area contributed by atoms with Gasteiger partial charge in [0.15, 0.2) is 0 Å². The van der Waals surface area contributed by atoms with Crippen LogP contribution in [0.1, 0.15) is 19.8 Å². The third-order valence-electron chi connectivity index (χ3n) is 4.93. The molecule has 1 amide bonds. The van der Waals surface area contributed by atoms with Crippen molar-refractivity contribution in [2.24, 2.45) is 5.92 Å². The molecule has 0 aromatic heterocycles. The molecule has 4 nitrogen and oxygen atoms in total. The summed E-state index contributed by atoms with van der Waals surface area (Å²) >= 11 is 0. The van der Waals surface area contributed by atoms with E-state index in [4.69, 9.17) is 0 Å². The third kappa shape index (κ3) is 4.02. The summed E-state index contributed by atoms with van der Waals surface area (Å²) in [4.78, 5) is 18.7. The van der Waals surface area contributed by atoms with Gasteiger partial charge in [0.2, 0.25) is 5.91 Å². The van der Waals surface area contributed by atoms with Gasteiger partial charge in [-0.2, -0.15) is 0 Å². The maximum absolute atomic E-state index is 13.8. The van der Waals surface area contributed by atoms with Crippen molar-refractivity contribution >= 4 is 11.6 Å². The Kier molecular flexibility index (Phi) is 5.16. The minimum Gasteiger partial charge on any atom is -0.367 e. The van der Waals surface area contributed by atoms with E-state index in [0.29, 0.717) is 18.2 Å². The second-order valence-corrected chi connectivity index (χ2v) is 6.80. The third-order valence-corrected chi connectivity index (χ3v) is 4.93. The van der Waals surface area contributed by atoms with Crippen LogP contribution in [0.3, 0.4) is 0 Å². The molecule has 0 saturated carbocycles. The van der Waals surface area contributed by atoms with Gasteiger partial charge < -0.3 is 9.80 Å². The molecule has 2 saturated heterocycles. The number of carbonyl (C=O) groups is 1. The number of halogens is 1. The highest BCUT2D eigenvalue weighted by Crippen LogP contribution is 2.20. The molecule has 1 atom stereocenters. The minimum atomic E-state index is -0.167. The zero-order valence-electron chi connectivity index (χ0n) is 13.9. The standard InChI is InChI=1S/C18H26FN3O/c1-15-5-4-8-22(13-15)18(23)14-20-9-11-21(12-10-20)17-7-3-2-6-16(17)19/h2-3,6-7,15H,4-5,8-14H2,1H3. The van der Waals surface area contributed by atoms with E-state index in [2.05, 4.69) is 16.7 Å². The first-order chi connectivity index (χ1) is 11.1. The van der Waals surface area contributed by atoms with Gasteiger partial charge in [-0.25, -0.2) is 4.39 Å². The number of anilines is 1. The molecule has 2 heterocycles. The number of rotatable bonds is 3. The van der Waals surface area contributed by atoms with Gasteiger partial charge in [0.25, 0.3) is 0 Å². The number of carbonyl (C=O) groups excluding carboxylic acids is 1. The molecule has 1 aromatic rings. The Morgan fingerprint density at radius 1 is 1.17 bits per heavy atom.